The average molecular weight is 491 g/mol. The lowest BCUT2D eigenvalue weighted by atomic mass is 9.99. The van der Waals surface area contributed by atoms with Gasteiger partial charge >= 0.3 is 5.97 Å². The van der Waals surface area contributed by atoms with Gasteiger partial charge in [0.1, 0.15) is 6.04 Å². The molecule has 0 bridgehead atoms. The molecule has 10 heteroatoms. The first kappa shape index (κ1) is 24.1. The number of carboxylic acid groups (broad SMARTS) is 1. The molecule has 0 unspecified atom stereocenters. The summed E-state index contributed by atoms with van der Waals surface area (Å²) in [7, 11) is 0. The van der Waals surface area contributed by atoms with Crippen molar-refractivity contribution in [2.24, 2.45) is 0 Å². The lowest BCUT2D eigenvalue weighted by molar-refractivity contribution is -0.139. The van der Waals surface area contributed by atoms with Gasteiger partial charge in [0.2, 0.25) is 11.9 Å². The third kappa shape index (κ3) is 6.72. The summed E-state index contributed by atoms with van der Waals surface area (Å²) in [4.78, 5) is 25.1. The highest BCUT2D eigenvalue weighted by Crippen LogP contribution is 2.23. The predicted octanol–water partition coefficient (Wildman–Crippen LogP) is 3.36. The molecule has 35 heavy (non-hydrogen) atoms. The summed E-state index contributed by atoms with van der Waals surface area (Å²) >= 11 is 6.10. The van der Waals surface area contributed by atoms with E-state index in [-0.39, 0.29) is 18.8 Å². The van der Waals surface area contributed by atoms with E-state index >= 15 is 0 Å². The number of benzene rings is 3. The lowest BCUT2D eigenvalue weighted by Gasteiger charge is -2.23. The molecule has 3 aromatic carbocycles. The summed E-state index contributed by atoms with van der Waals surface area (Å²) in [6.07, 6.45) is 0.472. The van der Waals surface area contributed by atoms with Gasteiger partial charge in [0, 0.05) is 5.02 Å². The Morgan fingerprint density at radius 3 is 2.26 bits per heavy atom. The van der Waals surface area contributed by atoms with Gasteiger partial charge in [-0.3, -0.25) is 20.2 Å². The number of anilines is 1. The van der Waals surface area contributed by atoms with Crippen molar-refractivity contribution < 1.29 is 14.7 Å². The predicted molar refractivity (Wildman–Crippen MR) is 132 cm³/mol. The second-order valence-corrected chi connectivity index (χ2v) is 8.39. The van der Waals surface area contributed by atoms with E-state index in [9.17, 15) is 14.7 Å². The molecule has 1 amide bonds. The number of hydrogen-bond donors (Lipinski definition) is 4. The van der Waals surface area contributed by atoms with Crippen LogP contribution in [0.25, 0.3) is 11.1 Å². The van der Waals surface area contributed by atoms with Crippen LogP contribution in [0.2, 0.25) is 5.02 Å². The van der Waals surface area contributed by atoms with Crippen LogP contribution < -0.4 is 10.6 Å². The molecule has 1 heterocycles. The monoisotopic (exact) mass is 490 g/mol. The molecular weight excluding hydrogens is 468 g/mol. The normalized spacial score (nSPS) is 12.6. The van der Waals surface area contributed by atoms with Gasteiger partial charge in [-0.25, -0.2) is 5.10 Å². The molecule has 0 spiro atoms. The van der Waals surface area contributed by atoms with Gasteiger partial charge in [0.05, 0.1) is 6.04 Å². The number of aromatic amines is 1. The van der Waals surface area contributed by atoms with Gasteiger partial charge in [0.25, 0.3) is 0 Å². The van der Waals surface area contributed by atoms with Crippen molar-refractivity contribution in [2.45, 2.75) is 24.9 Å². The van der Waals surface area contributed by atoms with E-state index in [1.807, 2.05) is 78.9 Å². The highest BCUT2D eigenvalue weighted by atomic mass is 35.5. The summed E-state index contributed by atoms with van der Waals surface area (Å²) in [6, 6.07) is 22.6. The van der Waals surface area contributed by atoms with Crippen molar-refractivity contribution in [3.8, 4) is 11.1 Å². The molecule has 2 atom stereocenters. The fraction of sp³-hybridized carbons (Fsp3) is 0.160. The molecule has 0 aliphatic rings. The third-order valence-electron chi connectivity index (χ3n) is 5.44. The van der Waals surface area contributed by atoms with Crippen molar-refractivity contribution >= 4 is 29.4 Å². The van der Waals surface area contributed by atoms with Crippen LogP contribution in [-0.2, 0) is 22.4 Å². The summed E-state index contributed by atoms with van der Waals surface area (Å²) < 4.78 is 0. The Morgan fingerprint density at radius 1 is 0.886 bits per heavy atom. The van der Waals surface area contributed by atoms with Gasteiger partial charge in [-0.1, -0.05) is 83.4 Å². The van der Waals surface area contributed by atoms with Crippen molar-refractivity contribution in [1.29, 1.82) is 0 Å². The minimum Gasteiger partial charge on any atom is -0.480 e. The number of H-pyrrole nitrogens is 1. The largest absolute Gasteiger partial charge is 0.480 e. The fourth-order valence-corrected chi connectivity index (χ4v) is 3.88. The van der Waals surface area contributed by atoms with Crippen molar-refractivity contribution in [3.63, 3.8) is 0 Å². The summed E-state index contributed by atoms with van der Waals surface area (Å²) in [5, 5.41) is 29.1. The number of carboxylic acids is 1. The minimum absolute atomic E-state index is 0.0769. The maximum absolute atomic E-state index is 13.1. The molecule has 1 aromatic heterocycles. The van der Waals surface area contributed by atoms with E-state index in [2.05, 4.69) is 31.3 Å². The fourth-order valence-electron chi connectivity index (χ4n) is 3.69. The number of carbonyl (C=O) groups is 2. The molecule has 0 radical (unpaired) electrons. The Balaban J connectivity index is 1.53. The molecule has 0 saturated heterocycles. The standard InChI is InChI=1S/C25H23ClN6O3/c26-20-8-4-7-19(15-20)18-11-9-17(10-12-18)13-21(23(33)28-25-29-31-32-30-25)27-22(24(34)35)14-16-5-2-1-3-6-16/h1-12,15,21-22,27H,13-14H2,(H,34,35)(H2,28,29,30,31,32,33)/t21-,22+/m1/s1. The van der Waals surface area contributed by atoms with Crippen LogP contribution in [0.1, 0.15) is 11.1 Å². The number of amides is 1. The van der Waals surface area contributed by atoms with Gasteiger partial charge in [0.15, 0.2) is 0 Å². The Morgan fingerprint density at radius 2 is 1.60 bits per heavy atom. The number of aromatic nitrogens is 4. The van der Waals surface area contributed by atoms with E-state index in [4.69, 9.17) is 11.6 Å². The zero-order valence-electron chi connectivity index (χ0n) is 18.6. The first-order valence-electron chi connectivity index (χ1n) is 10.9. The quantitative estimate of drug-likeness (QED) is 0.268. The molecular formula is C25H23ClN6O3. The second kappa shape index (κ2) is 11.4. The maximum Gasteiger partial charge on any atom is 0.321 e. The number of hydrogen-bond acceptors (Lipinski definition) is 6. The van der Waals surface area contributed by atoms with Crippen LogP contribution in [-0.4, -0.2) is 49.7 Å². The Labute approximate surface area is 206 Å². The van der Waals surface area contributed by atoms with E-state index in [0.717, 1.165) is 22.3 Å². The van der Waals surface area contributed by atoms with Crippen LogP contribution in [0.5, 0.6) is 0 Å². The van der Waals surface area contributed by atoms with Crippen molar-refractivity contribution in [1.82, 2.24) is 25.9 Å². The molecule has 9 nitrogen and oxygen atoms in total. The first-order chi connectivity index (χ1) is 17.0. The van der Waals surface area contributed by atoms with Gasteiger partial charge in [-0.15, -0.1) is 0 Å². The van der Waals surface area contributed by atoms with E-state index in [0.29, 0.717) is 5.02 Å². The molecule has 0 fully saturated rings. The molecule has 178 valence electrons. The zero-order valence-corrected chi connectivity index (χ0v) is 19.3. The van der Waals surface area contributed by atoms with Gasteiger partial charge in [-0.05, 0) is 57.7 Å². The number of nitrogens with zero attached hydrogens (tertiary/aromatic N) is 3. The molecule has 4 aromatic rings. The number of aliphatic carboxylic acids is 1. The summed E-state index contributed by atoms with van der Waals surface area (Å²) in [5.41, 5.74) is 3.65. The number of tetrazole rings is 1. The Bertz CT molecular complexity index is 1270. The second-order valence-electron chi connectivity index (χ2n) is 7.95. The number of nitrogens with one attached hydrogen (secondary N) is 3. The van der Waals surface area contributed by atoms with Crippen LogP contribution in [0.4, 0.5) is 5.95 Å². The highest BCUT2D eigenvalue weighted by molar-refractivity contribution is 6.30. The van der Waals surface area contributed by atoms with Gasteiger partial charge < -0.3 is 5.11 Å². The minimum atomic E-state index is -1.05. The highest BCUT2D eigenvalue weighted by Gasteiger charge is 2.27. The number of carbonyl (C=O) groups excluding carboxylic acids is 1. The topological polar surface area (TPSA) is 133 Å². The van der Waals surface area contributed by atoms with E-state index in [1.165, 1.54) is 0 Å². The van der Waals surface area contributed by atoms with Gasteiger partial charge in [-0.2, -0.15) is 0 Å². The Kier molecular flexibility index (Phi) is 7.81. The molecule has 4 N–H and O–H groups in total. The van der Waals surface area contributed by atoms with E-state index < -0.39 is 24.0 Å². The average Bonchev–Trinajstić information content (AvgIpc) is 3.37. The number of halogens is 1. The van der Waals surface area contributed by atoms with Crippen molar-refractivity contribution in [2.75, 3.05) is 5.32 Å². The lowest BCUT2D eigenvalue weighted by Crippen LogP contribution is -2.51. The number of rotatable bonds is 10. The Hall–Kier alpha value is -4.08. The maximum atomic E-state index is 13.1. The molecule has 4 rings (SSSR count). The van der Waals surface area contributed by atoms with Crippen LogP contribution in [0, 0.1) is 0 Å². The third-order valence-corrected chi connectivity index (χ3v) is 5.67. The molecule has 0 aliphatic heterocycles. The van der Waals surface area contributed by atoms with Crippen LogP contribution in [0.15, 0.2) is 78.9 Å². The smallest absolute Gasteiger partial charge is 0.321 e. The zero-order chi connectivity index (χ0) is 24.6. The van der Waals surface area contributed by atoms with E-state index in [1.54, 1.807) is 0 Å². The van der Waals surface area contributed by atoms with Crippen molar-refractivity contribution in [3.05, 3.63) is 95.0 Å². The summed E-state index contributed by atoms with van der Waals surface area (Å²) in [5.74, 6) is -1.43. The summed E-state index contributed by atoms with van der Waals surface area (Å²) in [6.45, 7) is 0. The SMILES string of the molecule is O=C(O)[C@H](Cc1ccccc1)N[C@H](Cc1ccc(-c2cccc(Cl)c2)cc1)C(=O)Nc1nnn[nH]1. The van der Waals surface area contributed by atoms with Crippen LogP contribution in [0.3, 0.4) is 0 Å². The van der Waals surface area contributed by atoms with Crippen LogP contribution >= 0.6 is 11.6 Å². The first-order valence-corrected chi connectivity index (χ1v) is 11.3. The molecule has 0 aliphatic carbocycles. The molecule has 0 saturated carbocycles.